The largest absolute Gasteiger partial charge is 0.465 e. The molecule has 0 bridgehead atoms. The van der Waals surface area contributed by atoms with Crippen LogP contribution < -0.4 is 0 Å². The van der Waals surface area contributed by atoms with Crippen LogP contribution in [0.15, 0.2) is 0 Å². The van der Waals surface area contributed by atoms with E-state index in [1.165, 1.54) is 4.90 Å². The van der Waals surface area contributed by atoms with Crippen LogP contribution in [0.2, 0.25) is 0 Å². The van der Waals surface area contributed by atoms with E-state index in [9.17, 15) is 9.90 Å². The van der Waals surface area contributed by atoms with E-state index in [2.05, 4.69) is 0 Å². The molecule has 0 aliphatic carbocycles. The summed E-state index contributed by atoms with van der Waals surface area (Å²) >= 11 is 0. The minimum atomic E-state index is -0.868. The van der Waals surface area contributed by atoms with Crippen molar-refractivity contribution in [3.63, 3.8) is 0 Å². The fraction of sp³-hybridized carbons (Fsp3) is 0.909. The molecule has 1 heterocycles. The lowest BCUT2D eigenvalue weighted by molar-refractivity contribution is -0.0260. The van der Waals surface area contributed by atoms with Gasteiger partial charge in [0.15, 0.2) is 0 Å². The Bertz CT molecular complexity index is 242. The fourth-order valence-electron chi connectivity index (χ4n) is 2.87. The van der Waals surface area contributed by atoms with Crippen LogP contribution in [0.4, 0.5) is 4.79 Å². The maximum absolute atomic E-state index is 11.1. The fourth-order valence-corrected chi connectivity index (χ4v) is 2.87. The monoisotopic (exact) mass is 215 g/mol. The molecule has 88 valence electrons. The van der Waals surface area contributed by atoms with Gasteiger partial charge in [-0.25, -0.2) is 4.79 Å². The summed E-state index contributed by atoms with van der Waals surface area (Å²) in [6, 6.07) is -0.0752. The van der Waals surface area contributed by atoms with Crippen LogP contribution in [0.1, 0.15) is 33.6 Å². The number of hydrogen-bond donors (Lipinski definition) is 2. The second-order valence-electron chi connectivity index (χ2n) is 5.08. The van der Waals surface area contributed by atoms with Crippen LogP contribution in [-0.4, -0.2) is 40.4 Å². The van der Waals surface area contributed by atoms with E-state index in [0.717, 1.165) is 12.8 Å². The molecule has 15 heavy (non-hydrogen) atoms. The summed E-state index contributed by atoms with van der Waals surface area (Å²) in [6.07, 6.45) is 0.871. The number of hydrogen-bond acceptors (Lipinski definition) is 2. The minimum absolute atomic E-state index is 0.0552. The lowest BCUT2D eigenvalue weighted by Gasteiger charge is -2.48. The zero-order valence-electron chi connectivity index (χ0n) is 9.73. The van der Waals surface area contributed by atoms with Crippen LogP contribution in [-0.2, 0) is 0 Å². The number of aliphatic hydroxyl groups excluding tert-OH is 1. The number of rotatable bonds is 2. The highest BCUT2D eigenvalue weighted by Gasteiger charge is 2.44. The van der Waals surface area contributed by atoms with Gasteiger partial charge in [-0.1, -0.05) is 20.8 Å². The average molecular weight is 215 g/mol. The molecular weight excluding hydrogens is 194 g/mol. The molecule has 2 atom stereocenters. The van der Waals surface area contributed by atoms with E-state index in [1.807, 2.05) is 20.8 Å². The van der Waals surface area contributed by atoms with Gasteiger partial charge >= 0.3 is 6.09 Å². The second kappa shape index (κ2) is 4.39. The molecule has 0 spiro atoms. The summed E-state index contributed by atoms with van der Waals surface area (Å²) in [5.74, 6) is 0.235. The molecule has 1 rings (SSSR count). The normalized spacial score (nSPS) is 32.1. The first-order chi connectivity index (χ1) is 6.92. The molecule has 1 aliphatic rings. The standard InChI is InChI=1S/C11H21NO3/c1-8(2)9-11(3,7-13)5-4-6-12(9)10(14)15/h8-9,13H,4-7H2,1-3H3,(H,14,15)/t9?,11-/m0/s1. The SMILES string of the molecule is CC(C)C1N(C(=O)O)CCC[C@@]1(C)CO. The smallest absolute Gasteiger partial charge is 0.407 e. The Morgan fingerprint density at radius 3 is 2.60 bits per heavy atom. The number of amides is 1. The van der Waals surface area contributed by atoms with Gasteiger partial charge < -0.3 is 15.1 Å². The van der Waals surface area contributed by atoms with E-state index in [1.54, 1.807) is 0 Å². The summed E-state index contributed by atoms with van der Waals surface area (Å²) in [5, 5.41) is 18.6. The van der Waals surface area contributed by atoms with Crippen LogP contribution in [0.25, 0.3) is 0 Å². The third kappa shape index (κ3) is 2.25. The molecule has 1 saturated heterocycles. The first-order valence-corrected chi connectivity index (χ1v) is 5.53. The van der Waals surface area contributed by atoms with Crippen molar-refractivity contribution in [2.24, 2.45) is 11.3 Å². The molecule has 4 nitrogen and oxygen atoms in total. The lowest BCUT2D eigenvalue weighted by atomic mass is 9.71. The summed E-state index contributed by atoms with van der Waals surface area (Å²) < 4.78 is 0. The first kappa shape index (κ1) is 12.3. The van der Waals surface area contributed by atoms with Gasteiger partial charge in [0.2, 0.25) is 0 Å². The molecular formula is C11H21NO3. The molecule has 1 unspecified atom stereocenters. The number of piperidine rings is 1. The van der Waals surface area contributed by atoms with Crippen LogP contribution in [0, 0.1) is 11.3 Å². The highest BCUT2D eigenvalue weighted by atomic mass is 16.4. The van der Waals surface area contributed by atoms with Gasteiger partial charge in [-0.3, -0.25) is 0 Å². The van der Waals surface area contributed by atoms with Crippen molar-refractivity contribution >= 4 is 6.09 Å². The molecule has 1 amide bonds. The van der Waals surface area contributed by atoms with E-state index < -0.39 is 6.09 Å². The van der Waals surface area contributed by atoms with E-state index in [4.69, 9.17) is 5.11 Å². The van der Waals surface area contributed by atoms with Crippen LogP contribution in [0.3, 0.4) is 0 Å². The van der Waals surface area contributed by atoms with Gasteiger partial charge in [0.1, 0.15) is 0 Å². The van der Waals surface area contributed by atoms with Crippen LogP contribution >= 0.6 is 0 Å². The number of aliphatic hydroxyl groups is 1. The zero-order valence-corrected chi connectivity index (χ0v) is 9.73. The quantitative estimate of drug-likeness (QED) is 0.738. The van der Waals surface area contributed by atoms with Gasteiger partial charge in [0, 0.05) is 18.0 Å². The predicted molar refractivity (Wildman–Crippen MR) is 57.8 cm³/mol. The molecule has 0 aromatic carbocycles. The highest BCUT2D eigenvalue weighted by molar-refractivity contribution is 5.65. The van der Waals surface area contributed by atoms with Gasteiger partial charge in [-0.15, -0.1) is 0 Å². The average Bonchev–Trinajstić information content (AvgIpc) is 2.16. The Labute approximate surface area is 90.9 Å². The Morgan fingerprint density at radius 1 is 1.60 bits per heavy atom. The lowest BCUT2D eigenvalue weighted by Crippen LogP contribution is -2.56. The highest BCUT2D eigenvalue weighted by Crippen LogP contribution is 2.38. The molecule has 2 N–H and O–H groups in total. The van der Waals surface area contributed by atoms with E-state index in [0.29, 0.717) is 6.54 Å². The van der Waals surface area contributed by atoms with Crippen LogP contribution in [0.5, 0.6) is 0 Å². The molecule has 0 aromatic rings. The number of nitrogens with zero attached hydrogens (tertiary/aromatic N) is 1. The Hall–Kier alpha value is -0.770. The molecule has 0 radical (unpaired) electrons. The van der Waals surface area contributed by atoms with Gasteiger partial charge in [0.05, 0.1) is 6.61 Å². The molecule has 0 aromatic heterocycles. The topological polar surface area (TPSA) is 60.8 Å². The van der Waals surface area contributed by atoms with Crippen molar-refractivity contribution in [1.82, 2.24) is 4.90 Å². The molecule has 4 heteroatoms. The maximum atomic E-state index is 11.1. The number of carboxylic acid groups (broad SMARTS) is 1. The summed E-state index contributed by atoms with van der Waals surface area (Å²) in [6.45, 7) is 6.65. The van der Waals surface area contributed by atoms with Crippen molar-refractivity contribution in [3.05, 3.63) is 0 Å². The summed E-state index contributed by atoms with van der Waals surface area (Å²) in [4.78, 5) is 12.6. The third-order valence-corrected chi connectivity index (χ3v) is 3.44. The van der Waals surface area contributed by atoms with Gasteiger partial charge in [-0.05, 0) is 18.8 Å². The van der Waals surface area contributed by atoms with Crippen molar-refractivity contribution < 1.29 is 15.0 Å². The van der Waals surface area contributed by atoms with Crippen molar-refractivity contribution in [2.45, 2.75) is 39.7 Å². The van der Waals surface area contributed by atoms with E-state index >= 15 is 0 Å². The molecule has 0 saturated carbocycles. The minimum Gasteiger partial charge on any atom is -0.465 e. The zero-order chi connectivity index (χ0) is 11.6. The summed E-state index contributed by atoms with van der Waals surface area (Å²) in [7, 11) is 0. The van der Waals surface area contributed by atoms with Crippen molar-refractivity contribution in [1.29, 1.82) is 0 Å². The van der Waals surface area contributed by atoms with Gasteiger partial charge in [-0.2, -0.15) is 0 Å². The molecule has 1 aliphatic heterocycles. The Kier molecular flexibility index (Phi) is 3.60. The Balaban J connectivity index is 2.95. The number of carbonyl (C=O) groups is 1. The Morgan fingerprint density at radius 2 is 2.20 bits per heavy atom. The summed E-state index contributed by atoms with van der Waals surface area (Å²) in [5.41, 5.74) is -0.287. The second-order valence-corrected chi connectivity index (χ2v) is 5.08. The van der Waals surface area contributed by atoms with Gasteiger partial charge in [0.25, 0.3) is 0 Å². The maximum Gasteiger partial charge on any atom is 0.407 e. The first-order valence-electron chi connectivity index (χ1n) is 5.53. The predicted octanol–water partition coefficient (Wildman–Crippen LogP) is 1.78. The number of likely N-dealkylation sites (tertiary alicyclic amines) is 1. The van der Waals surface area contributed by atoms with Crippen molar-refractivity contribution in [3.8, 4) is 0 Å². The third-order valence-electron chi connectivity index (χ3n) is 3.44. The van der Waals surface area contributed by atoms with Crippen molar-refractivity contribution in [2.75, 3.05) is 13.2 Å². The van der Waals surface area contributed by atoms with E-state index in [-0.39, 0.29) is 24.0 Å². The molecule has 1 fully saturated rings.